The lowest BCUT2D eigenvalue weighted by atomic mass is 10.2. The predicted molar refractivity (Wildman–Crippen MR) is 75.7 cm³/mol. The summed E-state index contributed by atoms with van der Waals surface area (Å²) in [5.41, 5.74) is 7.75. The third-order valence-corrected chi connectivity index (χ3v) is 3.37. The molecule has 2 N–H and O–H groups in total. The maximum Gasteiger partial charge on any atom is 0.341 e. The standard InChI is InChI=1S/C14H15NO3S/c1-17-14(16)12-8-11(15)2-3-13(12)18-6-4-10-5-7-19-9-10/h2-3,5,7-9H,4,6,15H2,1H3. The second kappa shape index (κ2) is 6.24. The van der Waals surface area contributed by atoms with Crippen molar-refractivity contribution in [2.75, 3.05) is 19.5 Å². The summed E-state index contributed by atoms with van der Waals surface area (Å²) in [6.07, 6.45) is 0.800. The number of esters is 1. The topological polar surface area (TPSA) is 61.5 Å². The van der Waals surface area contributed by atoms with E-state index in [9.17, 15) is 4.79 Å². The summed E-state index contributed by atoms with van der Waals surface area (Å²) in [7, 11) is 1.33. The first-order valence-electron chi connectivity index (χ1n) is 5.82. The number of carbonyl (C=O) groups excluding carboxylic acids is 1. The number of benzene rings is 1. The highest BCUT2D eigenvalue weighted by atomic mass is 32.1. The maximum absolute atomic E-state index is 11.6. The zero-order chi connectivity index (χ0) is 13.7. The van der Waals surface area contributed by atoms with Crippen molar-refractivity contribution in [1.29, 1.82) is 0 Å². The highest BCUT2D eigenvalue weighted by Crippen LogP contribution is 2.22. The number of nitrogens with two attached hydrogens (primary N) is 1. The van der Waals surface area contributed by atoms with E-state index in [4.69, 9.17) is 15.2 Å². The Balaban J connectivity index is 2.04. The van der Waals surface area contributed by atoms with E-state index in [-0.39, 0.29) is 0 Å². The van der Waals surface area contributed by atoms with E-state index in [0.717, 1.165) is 6.42 Å². The van der Waals surface area contributed by atoms with Crippen LogP contribution in [0.3, 0.4) is 0 Å². The van der Waals surface area contributed by atoms with Crippen molar-refractivity contribution >= 4 is 23.0 Å². The molecule has 0 aliphatic rings. The molecule has 0 unspecified atom stereocenters. The smallest absolute Gasteiger partial charge is 0.341 e. The van der Waals surface area contributed by atoms with Gasteiger partial charge in [0.05, 0.1) is 13.7 Å². The third kappa shape index (κ3) is 3.48. The van der Waals surface area contributed by atoms with Gasteiger partial charge in [-0.3, -0.25) is 0 Å². The monoisotopic (exact) mass is 277 g/mol. The average molecular weight is 277 g/mol. The number of thiophene rings is 1. The van der Waals surface area contributed by atoms with Crippen LogP contribution in [-0.4, -0.2) is 19.7 Å². The van der Waals surface area contributed by atoms with Crippen LogP contribution in [0.2, 0.25) is 0 Å². The molecule has 0 bridgehead atoms. The molecule has 2 rings (SSSR count). The molecule has 1 heterocycles. The van der Waals surface area contributed by atoms with Crippen LogP contribution < -0.4 is 10.5 Å². The largest absolute Gasteiger partial charge is 0.492 e. The highest BCUT2D eigenvalue weighted by Gasteiger charge is 2.13. The van der Waals surface area contributed by atoms with Gasteiger partial charge >= 0.3 is 5.97 Å². The Morgan fingerprint density at radius 2 is 2.21 bits per heavy atom. The second-order valence-corrected chi connectivity index (χ2v) is 4.76. The molecule has 0 amide bonds. The molecule has 1 aromatic heterocycles. The van der Waals surface area contributed by atoms with Gasteiger partial charge in [0, 0.05) is 12.1 Å². The van der Waals surface area contributed by atoms with Gasteiger partial charge in [0.1, 0.15) is 11.3 Å². The van der Waals surface area contributed by atoms with Gasteiger partial charge < -0.3 is 15.2 Å². The van der Waals surface area contributed by atoms with Crippen LogP contribution in [-0.2, 0) is 11.2 Å². The summed E-state index contributed by atoms with van der Waals surface area (Å²) in [5.74, 6) is 0.0501. The van der Waals surface area contributed by atoms with Crippen LogP contribution in [0.1, 0.15) is 15.9 Å². The normalized spacial score (nSPS) is 10.2. The van der Waals surface area contributed by atoms with Crippen LogP contribution in [0.25, 0.3) is 0 Å². The zero-order valence-electron chi connectivity index (χ0n) is 10.6. The Morgan fingerprint density at radius 3 is 2.89 bits per heavy atom. The molecule has 4 nitrogen and oxygen atoms in total. The van der Waals surface area contributed by atoms with Gasteiger partial charge in [-0.05, 0) is 40.6 Å². The van der Waals surface area contributed by atoms with Gasteiger partial charge in [-0.15, -0.1) is 0 Å². The summed E-state index contributed by atoms with van der Waals surface area (Å²) in [4.78, 5) is 11.6. The fraction of sp³-hybridized carbons (Fsp3) is 0.214. The molecule has 0 saturated heterocycles. The molecule has 5 heteroatoms. The van der Waals surface area contributed by atoms with Gasteiger partial charge in [-0.1, -0.05) is 0 Å². The summed E-state index contributed by atoms with van der Waals surface area (Å²) in [6.45, 7) is 0.505. The molecular weight excluding hydrogens is 262 g/mol. The zero-order valence-corrected chi connectivity index (χ0v) is 11.4. The minimum absolute atomic E-state index is 0.354. The van der Waals surface area contributed by atoms with E-state index in [1.165, 1.54) is 12.7 Å². The molecule has 0 saturated carbocycles. The first kappa shape index (κ1) is 13.4. The molecule has 0 spiro atoms. The Hall–Kier alpha value is -2.01. The van der Waals surface area contributed by atoms with E-state index < -0.39 is 5.97 Å². The Morgan fingerprint density at radius 1 is 1.37 bits per heavy atom. The Labute approximate surface area is 115 Å². The lowest BCUT2D eigenvalue weighted by Gasteiger charge is -2.10. The van der Waals surface area contributed by atoms with E-state index in [1.54, 1.807) is 29.5 Å². The van der Waals surface area contributed by atoms with Crippen molar-refractivity contribution < 1.29 is 14.3 Å². The number of methoxy groups -OCH3 is 1. The molecule has 19 heavy (non-hydrogen) atoms. The Bertz CT molecular complexity index is 552. The third-order valence-electron chi connectivity index (χ3n) is 2.64. The van der Waals surface area contributed by atoms with Crippen LogP contribution in [0, 0.1) is 0 Å². The quantitative estimate of drug-likeness (QED) is 0.674. The second-order valence-electron chi connectivity index (χ2n) is 3.98. The molecule has 2 aromatic rings. The lowest BCUT2D eigenvalue weighted by molar-refractivity contribution is 0.0596. The molecule has 0 fully saturated rings. The minimum Gasteiger partial charge on any atom is -0.492 e. The van der Waals surface area contributed by atoms with Crippen molar-refractivity contribution in [3.63, 3.8) is 0 Å². The maximum atomic E-state index is 11.6. The summed E-state index contributed by atoms with van der Waals surface area (Å²) >= 11 is 1.65. The number of ether oxygens (including phenoxy) is 2. The average Bonchev–Trinajstić information content (AvgIpc) is 2.92. The number of rotatable bonds is 5. The predicted octanol–water partition coefficient (Wildman–Crippen LogP) is 2.74. The van der Waals surface area contributed by atoms with Crippen LogP contribution in [0.15, 0.2) is 35.0 Å². The van der Waals surface area contributed by atoms with Crippen molar-refractivity contribution in [2.45, 2.75) is 6.42 Å². The van der Waals surface area contributed by atoms with Crippen molar-refractivity contribution in [3.8, 4) is 5.75 Å². The van der Waals surface area contributed by atoms with E-state index in [1.807, 2.05) is 5.38 Å². The number of anilines is 1. The molecule has 0 aliphatic carbocycles. The van der Waals surface area contributed by atoms with Crippen LogP contribution >= 0.6 is 11.3 Å². The van der Waals surface area contributed by atoms with Crippen molar-refractivity contribution in [3.05, 3.63) is 46.2 Å². The highest BCUT2D eigenvalue weighted by molar-refractivity contribution is 7.07. The lowest BCUT2D eigenvalue weighted by Crippen LogP contribution is -2.08. The first-order valence-corrected chi connectivity index (χ1v) is 6.76. The molecule has 0 radical (unpaired) electrons. The van der Waals surface area contributed by atoms with Gasteiger partial charge in [0.25, 0.3) is 0 Å². The summed E-state index contributed by atoms with van der Waals surface area (Å²) in [6, 6.07) is 7.01. The van der Waals surface area contributed by atoms with Crippen LogP contribution in [0.5, 0.6) is 5.75 Å². The fourth-order valence-corrected chi connectivity index (χ4v) is 2.36. The van der Waals surface area contributed by atoms with Crippen molar-refractivity contribution in [2.24, 2.45) is 0 Å². The molecule has 1 aromatic carbocycles. The van der Waals surface area contributed by atoms with Crippen molar-refractivity contribution in [1.82, 2.24) is 0 Å². The first-order chi connectivity index (χ1) is 9.20. The molecule has 0 atom stereocenters. The number of nitrogen functional groups attached to an aromatic ring is 1. The number of hydrogen-bond acceptors (Lipinski definition) is 5. The fourth-order valence-electron chi connectivity index (χ4n) is 1.66. The SMILES string of the molecule is COC(=O)c1cc(N)ccc1OCCc1ccsc1. The van der Waals surface area contributed by atoms with Gasteiger partial charge in [0.15, 0.2) is 0 Å². The Kier molecular flexibility index (Phi) is 4.41. The minimum atomic E-state index is -0.446. The van der Waals surface area contributed by atoms with E-state index in [0.29, 0.717) is 23.6 Å². The van der Waals surface area contributed by atoms with Gasteiger partial charge in [-0.25, -0.2) is 4.79 Å². The summed E-state index contributed by atoms with van der Waals surface area (Å²) in [5, 5.41) is 4.10. The van der Waals surface area contributed by atoms with Gasteiger partial charge in [0.2, 0.25) is 0 Å². The van der Waals surface area contributed by atoms with E-state index in [2.05, 4.69) is 11.4 Å². The molecule has 100 valence electrons. The van der Waals surface area contributed by atoms with Crippen LogP contribution in [0.4, 0.5) is 5.69 Å². The number of hydrogen-bond donors (Lipinski definition) is 1. The van der Waals surface area contributed by atoms with E-state index >= 15 is 0 Å². The van der Waals surface area contributed by atoms with Gasteiger partial charge in [-0.2, -0.15) is 11.3 Å². The molecular formula is C14H15NO3S. The number of carbonyl (C=O) groups is 1. The molecule has 0 aliphatic heterocycles. The summed E-state index contributed by atoms with van der Waals surface area (Å²) < 4.78 is 10.3.